The van der Waals surface area contributed by atoms with Gasteiger partial charge in [0.2, 0.25) is 0 Å². The molecule has 2 aromatic rings. The van der Waals surface area contributed by atoms with Gasteiger partial charge < -0.3 is 21.8 Å². The third kappa shape index (κ3) is 12.3. The molecule has 1 fully saturated rings. The van der Waals surface area contributed by atoms with Crippen LogP contribution in [0.2, 0.25) is 0 Å². The Morgan fingerprint density at radius 2 is 1.79 bits per heavy atom. The van der Waals surface area contributed by atoms with Crippen LogP contribution < -0.4 is 22.6 Å². The number of allylic oxidation sites excluding steroid dienone is 1. The predicted molar refractivity (Wildman–Crippen MR) is 146 cm³/mol. The van der Waals surface area contributed by atoms with Gasteiger partial charge in [-0.25, -0.2) is 10.2 Å². The van der Waals surface area contributed by atoms with Crippen LogP contribution in [0.1, 0.15) is 36.9 Å². The van der Waals surface area contributed by atoms with Crippen molar-refractivity contribution in [2.75, 3.05) is 20.1 Å². The summed E-state index contributed by atoms with van der Waals surface area (Å²) in [7, 11) is 2.17. The smallest absolute Gasteiger partial charge is 0.393 e. The molecule has 7 N–H and O–H groups in total. The van der Waals surface area contributed by atoms with Gasteiger partial charge in [-0.1, -0.05) is 61.2 Å². The van der Waals surface area contributed by atoms with Crippen molar-refractivity contribution < 1.29 is 17.6 Å². The average Bonchev–Trinajstić information content (AvgIpc) is 3.29. The molecule has 2 aromatic carbocycles. The molecular formula is C28H40F4N6. The number of halogens is 4. The molecular weight excluding hydrogens is 496 g/mol. The molecule has 1 aliphatic heterocycles. The Balaban J connectivity index is 0.000000295. The first-order chi connectivity index (χ1) is 17.9. The third-order valence-corrected chi connectivity index (χ3v) is 5.65. The summed E-state index contributed by atoms with van der Waals surface area (Å²) in [5, 5.41) is 4.24. The Morgan fingerprint density at radius 1 is 1.18 bits per heavy atom. The molecule has 6 nitrogen and oxygen atoms in total. The van der Waals surface area contributed by atoms with Crippen molar-refractivity contribution in [1.82, 2.24) is 15.2 Å². The lowest BCUT2D eigenvalue weighted by atomic mass is 10.1. The largest absolute Gasteiger partial charge is 0.432 e. The lowest BCUT2D eigenvalue weighted by Gasteiger charge is -2.22. The summed E-state index contributed by atoms with van der Waals surface area (Å²) >= 11 is 0. The maximum atomic E-state index is 12.8. The SMILES string of the molecule is C=C(NCc1ccccc1)C1CCCN1C.C=CCN(N)/C=C(\N)C(F)(F)F.CC(N)c1ccccc1F. The number of nitrogens with zero attached hydrogens (tertiary/aromatic N) is 2. The van der Waals surface area contributed by atoms with Gasteiger partial charge in [0.05, 0.1) is 6.54 Å². The fourth-order valence-corrected chi connectivity index (χ4v) is 3.58. The van der Waals surface area contributed by atoms with E-state index in [1.54, 1.807) is 25.1 Å². The van der Waals surface area contributed by atoms with E-state index >= 15 is 0 Å². The minimum atomic E-state index is -4.53. The van der Waals surface area contributed by atoms with Crippen molar-refractivity contribution in [2.24, 2.45) is 17.3 Å². The molecule has 38 heavy (non-hydrogen) atoms. The molecule has 10 heteroatoms. The summed E-state index contributed by atoms with van der Waals surface area (Å²) in [6.07, 6.45) is -0.0368. The fourth-order valence-electron chi connectivity index (χ4n) is 3.58. The van der Waals surface area contributed by atoms with Crippen molar-refractivity contribution in [3.8, 4) is 0 Å². The standard InChI is InChI=1S/C14H20N2.C8H10FN.C6H10F3N3/c1-12(14-9-6-10-16(14)2)15-11-13-7-4-3-5-8-13;1-6(10)7-4-2-3-5-8(7)9;1-2-3-12(11)4-5(10)6(7,8)9/h3-5,7-8,14-15H,1,6,9-11H2,2H3;2-6H,10H2,1H3;2,4H,1,3,10-11H2/b;;5-4-. The second-order valence-electron chi connectivity index (χ2n) is 8.88. The number of rotatable bonds is 8. The summed E-state index contributed by atoms with van der Waals surface area (Å²) < 4.78 is 48.0. The van der Waals surface area contributed by atoms with Crippen molar-refractivity contribution in [3.63, 3.8) is 0 Å². The molecule has 2 unspecified atom stereocenters. The highest BCUT2D eigenvalue weighted by Crippen LogP contribution is 2.21. The number of hydrogen-bond donors (Lipinski definition) is 4. The van der Waals surface area contributed by atoms with Gasteiger partial charge in [-0.3, -0.25) is 4.90 Å². The zero-order chi connectivity index (χ0) is 28.7. The fraction of sp³-hybridized carbons (Fsp3) is 0.357. The molecule has 0 aliphatic carbocycles. The molecule has 0 bridgehead atoms. The van der Waals surface area contributed by atoms with E-state index in [9.17, 15) is 17.6 Å². The van der Waals surface area contributed by atoms with Gasteiger partial charge >= 0.3 is 6.18 Å². The predicted octanol–water partition coefficient (Wildman–Crippen LogP) is 4.94. The van der Waals surface area contributed by atoms with Crippen LogP contribution in [0.15, 0.2) is 91.4 Å². The summed E-state index contributed by atoms with van der Waals surface area (Å²) in [6.45, 7) is 11.4. The minimum Gasteiger partial charge on any atom is -0.393 e. The molecule has 1 heterocycles. The molecule has 3 rings (SSSR count). The quantitative estimate of drug-likeness (QED) is 0.165. The molecule has 0 aromatic heterocycles. The average molecular weight is 537 g/mol. The van der Waals surface area contributed by atoms with Crippen molar-refractivity contribution >= 4 is 0 Å². The number of alkyl halides is 3. The first-order valence-electron chi connectivity index (χ1n) is 12.2. The molecule has 1 aliphatic rings. The summed E-state index contributed by atoms with van der Waals surface area (Å²) in [4.78, 5) is 2.38. The molecule has 210 valence electrons. The second-order valence-corrected chi connectivity index (χ2v) is 8.88. The highest BCUT2D eigenvalue weighted by Gasteiger charge is 2.31. The zero-order valence-electron chi connectivity index (χ0n) is 22.1. The van der Waals surface area contributed by atoms with Crippen LogP contribution in [0.4, 0.5) is 17.6 Å². The summed E-state index contributed by atoms with van der Waals surface area (Å²) in [6, 6.07) is 17.3. The maximum Gasteiger partial charge on any atom is 0.432 e. The molecule has 0 saturated carbocycles. The third-order valence-electron chi connectivity index (χ3n) is 5.65. The Labute approximate surface area is 223 Å². The van der Waals surface area contributed by atoms with Gasteiger partial charge in [0.15, 0.2) is 0 Å². The van der Waals surface area contributed by atoms with E-state index in [-0.39, 0.29) is 18.4 Å². The minimum absolute atomic E-state index is 0.108. The van der Waals surface area contributed by atoms with E-state index in [0.29, 0.717) is 17.8 Å². The molecule has 0 radical (unpaired) electrons. The Morgan fingerprint density at radius 3 is 2.26 bits per heavy atom. The van der Waals surface area contributed by atoms with E-state index < -0.39 is 11.9 Å². The first-order valence-corrected chi connectivity index (χ1v) is 12.2. The monoisotopic (exact) mass is 536 g/mol. The van der Waals surface area contributed by atoms with Gasteiger partial charge in [-0.15, -0.1) is 6.58 Å². The highest BCUT2D eigenvalue weighted by molar-refractivity contribution is 5.20. The number of benzene rings is 2. The molecule has 2 atom stereocenters. The van der Waals surface area contributed by atoms with Gasteiger partial charge in [0, 0.05) is 36.1 Å². The lowest BCUT2D eigenvalue weighted by Crippen LogP contribution is -2.32. The van der Waals surface area contributed by atoms with Crippen molar-refractivity contribution in [3.05, 3.63) is 108 Å². The Bertz CT molecular complexity index is 1010. The number of hydrogen-bond acceptors (Lipinski definition) is 6. The molecule has 0 spiro atoms. The number of nitrogens with one attached hydrogen (secondary N) is 1. The van der Waals surface area contributed by atoms with Gasteiger partial charge in [0.25, 0.3) is 0 Å². The van der Waals surface area contributed by atoms with Gasteiger partial charge in [0.1, 0.15) is 11.5 Å². The van der Waals surface area contributed by atoms with Crippen molar-refractivity contribution in [2.45, 2.75) is 44.6 Å². The van der Waals surface area contributed by atoms with E-state index in [1.165, 1.54) is 37.1 Å². The lowest BCUT2D eigenvalue weighted by molar-refractivity contribution is -0.0937. The topological polar surface area (TPSA) is 96.6 Å². The van der Waals surface area contributed by atoms with Crippen LogP contribution in [0.3, 0.4) is 0 Å². The van der Waals surface area contributed by atoms with E-state index in [0.717, 1.165) is 17.3 Å². The maximum absolute atomic E-state index is 12.8. The summed E-state index contributed by atoms with van der Waals surface area (Å²) in [5.74, 6) is 4.86. The highest BCUT2D eigenvalue weighted by atomic mass is 19.4. The van der Waals surface area contributed by atoms with E-state index in [1.807, 2.05) is 6.07 Å². The molecule has 1 saturated heterocycles. The van der Waals surface area contributed by atoms with E-state index in [4.69, 9.17) is 11.6 Å². The van der Waals surface area contributed by atoms with Crippen LogP contribution in [0, 0.1) is 5.82 Å². The van der Waals surface area contributed by atoms with Crippen LogP contribution in [-0.4, -0.2) is 42.3 Å². The zero-order valence-corrected chi connectivity index (χ0v) is 22.1. The van der Waals surface area contributed by atoms with Crippen LogP contribution in [-0.2, 0) is 6.54 Å². The summed E-state index contributed by atoms with van der Waals surface area (Å²) in [5.41, 5.74) is 11.9. The van der Waals surface area contributed by atoms with Crippen molar-refractivity contribution in [1.29, 1.82) is 0 Å². The van der Waals surface area contributed by atoms with Gasteiger partial charge in [-0.05, 0) is 45.0 Å². The second kappa shape index (κ2) is 16.5. The Kier molecular flexibility index (Phi) is 14.2. The normalized spacial score (nSPS) is 16.3. The van der Waals surface area contributed by atoms with Crippen LogP contribution in [0.25, 0.3) is 0 Å². The number of likely N-dealkylation sites (tertiary alicyclic amines) is 1. The van der Waals surface area contributed by atoms with Gasteiger partial charge in [-0.2, -0.15) is 13.2 Å². The molecule has 0 amide bonds. The Hall–Kier alpha value is -3.34. The number of likely N-dealkylation sites (N-methyl/N-ethyl adjacent to an activating group) is 1. The van der Waals surface area contributed by atoms with E-state index in [2.05, 4.69) is 60.4 Å². The first kappa shape index (κ1) is 32.7. The van der Waals surface area contributed by atoms with Crippen LogP contribution >= 0.6 is 0 Å². The van der Waals surface area contributed by atoms with Crippen LogP contribution in [0.5, 0.6) is 0 Å². The number of nitrogens with two attached hydrogens (primary N) is 3. The number of hydrazine groups is 1.